The number of carboxylic acid groups (broad SMARTS) is 1. The van der Waals surface area contributed by atoms with Gasteiger partial charge in [0.2, 0.25) is 0 Å². The topological polar surface area (TPSA) is 73.0 Å². The van der Waals surface area contributed by atoms with Crippen molar-refractivity contribution < 1.29 is 9.90 Å². The van der Waals surface area contributed by atoms with E-state index in [0.29, 0.717) is 10.8 Å². The molecule has 0 amide bonds. The highest BCUT2D eigenvalue weighted by atomic mass is 16.4. The van der Waals surface area contributed by atoms with E-state index in [1.165, 1.54) is 6.07 Å². The van der Waals surface area contributed by atoms with Gasteiger partial charge in [0.15, 0.2) is 0 Å². The molecule has 1 aromatic heterocycles. The molecular weight excluding hydrogens is 182 g/mol. The highest BCUT2D eigenvalue weighted by Gasteiger charge is 2.00. The molecular formula is C10H6NO3-. The van der Waals surface area contributed by atoms with Crippen LogP contribution in [0, 0.1) is 0 Å². The Kier molecular flexibility index (Phi) is 1.81. The number of aromatic nitrogens is 1. The van der Waals surface area contributed by atoms with Gasteiger partial charge in [-0.3, -0.25) is 4.79 Å². The molecule has 1 aromatic carbocycles. The van der Waals surface area contributed by atoms with Gasteiger partial charge >= 0.3 is 0 Å². The number of benzene rings is 1. The lowest BCUT2D eigenvalue weighted by Gasteiger charge is -2.03. The Morgan fingerprint density at radius 1 is 1.29 bits per heavy atom. The second-order valence-electron chi connectivity index (χ2n) is 2.89. The number of carbonyl (C=O) groups excluding carboxylic acids is 1. The highest BCUT2D eigenvalue weighted by molar-refractivity contribution is 5.90. The standard InChI is InChI=1S/C10H7NO3/c12-9-7-4-2-1-3-6(7)5-8(11-9)10(13)14/h1-5H,(H,11,12)(H,13,14)/p-1. The Bertz CT molecular complexity index is 557. The zero-order chi connectivity index (χ0) is 10.1. The SMILES string of the molecule is O=C([O-])c1cc2ccccc2c(=O)[nH]1. The number of aromatic amines is 1. The summed E-state index contributed by atoms with van der Waals surface area (Å²) >= 11 is 0. The van der Waals surface area contributed by atoms with E-state index in [1.54, 1.807) is 24.3 Å². The smallest absolute Gasteiger partial charge is 0.256 e. The molecule has 4 nitrogen and oxygen atoms in total. The Hall–Kier alpha value is -2.10. The number of aromatic carboxylic acids is 1. The first-order valence-electron chi connectivity index (χ1n) is 4.02. The molecule has 0 atom stereocenters. The minimum atomic E-state index is -1.38. The van der Waals surface area contributed by atoms with Gasteiger partial charge in [0.1, 0.15) is 0 Å². The van der Waals surface area contributed by atoms with Crippen LogP contribution in [0.25, 0.3) is 10.8 Å². The molecule has 0 radical (unpaired) electrons. The summed E-state index contributed by atoms with van der Waals surface area (Å²) in [6.45, 7) is 0. The third-order valence-electron chi connectivity index (χ3n) is 1.97. The van der Waals surface area contributed by atoms with E-state index in [4.69, 9.17) is 0 Å². The number of rotatable bonds is 1. The number of nitrogens with one attached hydrogen (secondary N) is 1. The molecule has 0 aliphatic carbocycles. The van der Waals surface area contributed by atoms with E-state index < -0.39 is 11.5 Å². The normalized spacial score (nSPS) is 10.3. The van der Waals surface area contributed by atoms with Crippen molar-refractivity contribution in [1.29, 1.82) is 0 Å². The molecule has 0 aliphatic heterocycles. The summed E-state index contributed by atoms with van der Waals surface area (Å²) in [6.07, 6.45) is 0. The van der Waals surface area contributed by atoms with Crippen molar-refractivity contribution in [2.45, 2.75) is 0 Å². The van der Waals surface area contributed by atoms with Crippen molar-refractivity contribution in [3.8, 4) is 0 Å². The highest BCUT2D eigenvalue weighted by Crippen LogP contribution is 2.08. The van der Waals surface area contributed by atoms with E-state index in [9.17, 15) is 14.7 Å². The molecule has 1 N–H and O–H groups in total. The van der Waals surface area contributed by atoms with Gasteiger partial charge in [-0.2, -0.15) is 0 Å². The van der Waals surface area contributed by atoms with Gasteiger partial charge < -0.3 is 14.9 Å². The minimum Gasteiger partial charge on any atom is -0.543 e. The predicted molar refractivity (Wildman–Crippen MR) is 48.9 cm³/mol. The number of hydrogen-bond donors (Lipinski definition) is 1. The van der Waals surface area contributed by atoms with Crippen LogP contribution in [-0.2, 0) is 0 Å². The molecule has 0 spiro atoms. The zero-order valence-electron chi connectivity index (χ0n) is 7.11. The van der Waals surface area contributed by atoms with Crippen LogP contribution in [-0.4, -0.2) is 11.0 Å². The lowest BCUT2D eigenvalue weighted by molar-refractivity contribution is -0.255. The molecule has 70 valence electrons. The van der Waals surface area contributed by atoms with Crippen LogP contribution in [0.1, 0.15) is 10.5 Å². The van der Waals surface area contributed by atoms with Crippen LogP contribution < -0.4 is 10.7 Å². The molecule has 0 unspecified atom stereocenters. The molecule has 0 saturated carbocycles. The lowest BCUT2D eigenvalue weighted by atomic mass is 10.1. The largest absolute Gasteiger partial charge is 0.543 e. The summed E-state index contributed by atoms with van der Waals surface area (Å²) in [6, 6.07) is 8.15. The Morgan fingerprint density at radius 2 is 2.00 bits per heavy atom. The van der Waals surface area contributed by atoms with Crippen LogP contribution in [0.5, 0.6) is 0 Å². The molecule has 2 rings (SSSR count). The summed E-state index contributed by atoms with van der Waals surface area (Å²) in [5.74, 6) is -1.38. The first-order chi connectivity index (χ1) is 6.68. The quantitative estimate of drug-likeness (QED) is 0.678. The summed E-state index contributed by atoms with van der Waals surface area (Å²) in [4.78, 5) is 24.1. The fraction of sp³-hybridized carbons (Fsp3) is 0. The maximum absolute atomic E-state index is 11.4. The zero-order valence-corrected chi connectivity index (χ0v) is 7.11. The van der Waals surface area contributed by atoms with Gasteiger partial charge in [-0.25, -0.2) is 0 Å². The molecule has 4 heteroatoms. The van der Waals surface area contributed by atoms with Crippen LogP contribution in [0.4, 0.5) is 0 Å². The summed E-state index contributed by atoms with van der Waals surface area (Å²) in [7, 11) is 0. The fourth-order valence-electron chi connectivity index (χ4n) is 1.32. The number of carboxylic acids is 1. The molecule has 2 aromatic rings. The van der Waals surface area contributed by atoms with Crippen molar-refractivity contribution in [2.24, 2.45) is 0 Å². The van der Waals surface area contributed by atoms with Gasteiger partial charge in [0, 0.05) is 5.39 Å². The maximum atomic E-state index is 11.4. The number of H-pyrrole nitrogens is 1. The van der Waals surface area contributed by atoms with E-state index in [1.807, 2.05) is 0 Å². The lowest BCUT2D eigenvalue weighted by Crippen LogP contribution is -2.26. The second-order valence-corrected chi connectivity index (χ2v) is 2.89. The second kappa shape index (κ2) is 2.99. The summed E-state index contributed by atoms with van der Waals surface area (Å²) in [5.41, 5.74) is -0.615. The van der Waals surface area contributed by atoms with Crippen molar-refractivity contribution in [3.63, 3.8) is 0 Å². The van der Waals surface area contributed by atoms with Gasteiger partial charge in [-0.05, 0) is 17.5 Å². The Balaban J connectivity index is 2.86. The summed E-state index contributed by atoms with van der Waals surface area (Å²) in [5, 5.41) is 11.6. The van der Waals surface area contributed by atoms with E-state index in [0.717, 1.165) is 0 Å². The Labute approximate surface area is 78.8 Å². The third-order valence-corrected chi connectivity index (χ3v) is 1.97. The van der Waals surface area contributed by atoms with E-state index >= 15 is 0 Å². The van der Waals surface area contributed by atoms with Gasteiger partial charge in [-0.1, -0.05) is 18.2 Å². The number of pyridine rings is 1. The predicted octanol–water partition coefficient (Wildman–Crippen LogP) is -0.108. The van der Waals surface area contributed by atoms with Crippen molar-refractivity contribution in [3.05, 3.63) is 46.4 Å². The average Bonchev–Trinajstić information content (AvgIpc) is 2.17. The van der Waals surface area contributed by atoms with Gasteiger partial charge in [0.05, 0.1) is 11.7 Å². The number of carbonyl (C=O) groups is 1. The maximum Gasteiger partial charge on any atom is 0.256 e. The molecule has 0 bridgehead atoms. The Morgan fingerprint density at radius 3 is 2.71 bits per heavy atom. The molecule has 1 heterocycles. The van der Waals surface area contributed by atoms with E-state index in [2.05, 4.69) is 4.98 Å². The van der Waals surface area contributed by atoms with E-state index in [-0.39, 0.29) is 5.69 Å². The van der Waals surface area contributed by atoms with Gasteiger partial charge in [0.25, 0.3) is 5.56 Å². The summed E-state index contributed by atoms with van der Waals surface area (Å²) < 4.78 is 0. The van der Waals surface area contributed by atoms with Crippen LogP contribution in [0.2, 0.25) is 0 Å². The fourth-order valence-corrected chi connectivity index (χ4v) is 1.32. The molecule has 0 aliphatic rings. The van der Waals surface area contributed by atoms with Gasteiger partial charge in [-0.15, -0.1) is 0 Å². The van der Waals surface area contributed by atoms with Crippen molar-refractivity contribution in [2.75, 3.05) is 0 Å². The number of hydrogen-bond acceptors (Lipinski definition) is 3. The molecule has 14 heavy (non-hydrogen) atoms. The first-order valence-corrected chi connectivity index (χ1v) is 4.02. The average molecular weight is 188 g/mol. The monoisotopic (exact) mass is 188 g/mol. The van der Waals surface area contributed by atoms with Crippen molar-refractivity contribution in [1.82, 2.24) is 4.98 Å². The van der Waals surface area contributed by atoms with Crippen LogP contribution >= 0.6 is 0 Å². The molecule has 0 fully saturated rings. The van der Waals surface area contributed by atoms with Crippen molar-refractivity contribution >= 4 is 16.7 Å². The molecule has 0 saturated heterocycles. The first kappa shape index (κ1) is 8.50. The number of fused-ring (bicyclic) bond motifs is 1. The van der Waals surface area contributed by atoms with Crippen LogP contribution in [0.15, 0.2) is 35.1 Å². The third kappa shape index (κ3) is 1.26. The van der Waals surface area contributed by atoms with Crippen LogP contribution in [0.3, 0.4) is 0 Å². The minimum absolute atomic E-state index is 0.200.